The van der Waals surface area contributed by atoms with Gasteiger partial charge < -0.3 is 9.64 Å². The van der Waals surface area contributed by atoms with Crippen molar-refractivity contribution in [1.29, 1.82) is 0 Å². The molecule has 1 saturated heterocycles. The molecule has 1 aliphatic rings. The topological polar surface area (TPSA) is 102 Å². The van der Waals surface area contributed by atoms with Crippen LogP contribution in [0.2, 0.25) is 0 Å². The second kappa shape index (κ2) is 8.11. The van der Waals surface area contributed by atoms with E-state index in [0.29, 0.717) is 17.0 Å². The number of hydrogen-bond donors (Lipinski definition) is 0. The molecule has 1 aromatic heterocycles. The highest BCUT2D eigenvalue weighted by molar-refractivity contribution is 7.88. The molecule has 0 radical (unpaired) electrons. The first-order valence-electron chi connectivity index (χ1n) is 8.74. The molecule has 3 rings (SSSR count). The van der Waals surface area contributed by atoms with E-state index in [-0.39, 0.29) is 44.2 Å². The maximum Gasteiger partial charge on any atom is 0.267 e. The van der Waals surface area contributed by atoms with Crippen molar-refractivity contribution in [3.8, 4) is 17.0 Å². The van der Waals surface area contributed by atoms with Gasteiger partial charge in [0.2, 0.25) is 15.9 Å². The number of hydrogen-bond acceptors (Lipinski definition) is 6. The Morgan fingerprint density at radius 2 is 1.79 bits per heavy atom. The van der Waals surface area contributed by atoms with E-state index < -0.39 is 10.0 Å². The van der Waals surface area contributed by atoms with E-state index in [1.807, 2.05) is 18.2 Å². The highest BCUT2D eigenvalue weighted by Gasteiger charge is 2.26. The minimum absolute atomic E-state index is 0.208. The smallest absolute Gasteiger partial charge is 0.267 e. The number of para-hydroxylation sites is 1. The largest absolute Gasteiger partial charge is 0.496 e. The molecule has 28 heavy (non-hydrogen) atoms. The van der Waals surface area contributed by atoms with Gasteiger partial charge in [0.25, 0.3) is 5.56 Å². The molecule has 1 amide bonds. The summed E-state index contributed by atoms with van der Waals surface area (Å²) in [5.74, 6) is 0.336. The van der Waals surface area contributed by atoms with Gasteiger partial charge in [-0.25, -0.2) is 13.1 Å². The van der Waals surface area contributed by atoms with Gasteiger partial charge in [-0.15, -0.1) is 0 Å². The van der Waals surface area contributed by atoms with Crippen molar-refractivity contribution in [3.05, 3.63) is 46.8 Å². The van der Waals surface area contributed by atoms with E-state index >= 15 is 0 Å². The van der Waals surface area contributed by atoms with Crippen LogP contribution in [0.4, 0.5) is 0 Å². The third-order valence-corrected chi connectivity index (χ3v) is 5.90. The molecule has 2 aromatic rings. The van der Waals surface area contributed by atoms with Crippen LogP contribution in [0.15, 0.2) is 41.2 Å². The van der Waals surface area contributed by atoms with Crippen molar-refractivity contribution in [2.45, 2.75) is 6.54 Å². The average Bonchev–Trinajstić information content (AvgIpc) is 2.69. The number of sulfonamides is 1. The number of nitrogens with zero attached hydrogens (tertiary/aromatic N) is 4. The molecule has 0 saturated carbocycles. The SMILES string of the molecule is COc1ccccc1-c1ccc(=O)n(CC(=O)N2CCN(S(C)(=O)=O)CC2)n1. The molecule has 0 bridgehead atoms. The lowest BCUT2D eigenvalue weighted by atomic mass is 10.1. The second-order valence-corrected chi connectivity index (χ2v) is 8.44. The van der Waals surface area contributed by atoms with Crippen LogP contribution in [0.25, 0.3) is 11.3 Å². The first kappa shape index (κ1) is 20.0. The van der Waals surface area contributed by atoms with Crippen LogP contribution in [-0.2, 0) is 21.4 Å². The Bertz CT molecular complexity index is 1030. The predicted molar refractivity (Wildman–Crippen MR) is 103 cm³/mol. The lowest BCUT2D eigenvalue weighted by Gasteiger charge is -2.33. The Morgan fingerprint density at radius 1 is 1.11 bits per heavy atom. The molecule has 1 aromatic carbocycles. The van der Waals surface area contributed by atoms with Crippen LogP contribution in [0.1, 0.15) is 0 Å². The van der Waals surface area contributed by atoms with Crippen LogP contribution >= 0.6 is 0 Å². The first-order chi connectivity index (χ1) is 13.3. The molecule has 9 nitrogen and oxygen atoms in total. The van der Waals surface area contributed by atoms with E-state index in [2.05, 4.69) is 5.10 Å². The number of amides is 1. The van der Waals surface area contributed by atoms with Gasteiger partial charge in [0, 0.05) is 37.8 Å². The standard InChI is InChI=1S/C18H22N4O5S/c1-27-16-6-4-3-5-14(16)15-7-8-17(23)22(19-15)13-18(24)20-9-11-21(12-10-20)28(2,25)26/h3-8H,9-13H2,1-2H3. The van der Waals surface area contributed by atoms with Crippen molar-refractivity contribution < 1.29 is 17.9 Å². The predicted octanol–water partition coefficient (Wildman–Crippen LogP) is 0.0227. The third-order valence-electron chi connectivity index (χ3n) is 4.59. The molecule has 0 unspecified atom stereocenters. The van der Waals surface area contributed by atoms with Crippen LogP contribution in [0, 0.1) is 0 Å². The minimum Gasteiger partial charge on any atom is -0.496 e. The summed E-state index contributed by atoms with van der Waals surface area (Å²) < 4.78 is 30.9. The van der Waals surface area contributed by atoms with Crippen molar-refractivity contribution in [1.82, 2.24) is 19.0 Å². The number of methoxy groups -OCH3 is 1. The molecule has 0 aliphatic carbocycles. The van der Waals surface area contributed by atoms with E-state index in [0.717, 1.165) is 10.9 Å². The van der Waals surface area contributed by atoms with Crippen LogP contribution < -0.4 is 10.3 Å². The number of rotatable bonds is 5. The van der Waals surface area contributed by atoms with Crippen molar-refractivity contribution in [2.24, 2.45) is 0 Å². The number of aromatic nitrogens is 2. The number of carbonyl (C=O) groups is 1. The molecule has 2 heterocycles. The molecule has 1 fully saturated rings. The summed E-state index contributed by atoms with van der Waals surface area (Å²) >= 11 is 0. The Kier molecular flexibility index (Phi) is 5.80. The van der Waals surface area contributed by atoms with Crippen LogP contribution in [0.3, 0.4) is 0 Å². The zero-order chi connectivity index (χ0) is 20.3. The molecule has 0 spiro atoms. The van der Waals surface area contributed by atoms with E-state index in [9.17, 15) is 18.0 Å². The minimum atomic E-state index is -3.27. The fourth-order valence-corrected chi connectivity index (χ4v) is 3.89. The Balaban J connectivity index is 1.76. The number of piperazine rings is 1. The molecule has 1 aliphatic heterocycles. The molecular formula is C18H22N4O5S. The zero-order valence-electron chi connectivity index (χ0n) is 15.7. The Hall–Kier alpha value is -2.72. The van der Waals surface area contributed by atoms with Crippen molar-refractivity contribution in [2.75, 3.05) is 39.5 Å². The van der Waals surface area contributed by atoms with E-state index in [1.54, 1.807) is 24.1 Å². The summed E-state index contributed by atoms with van der Waals surface area (Å²) in [6, 6.07) is 10.2. The fourth-order valence-electron chi connectivity index (χ4n) is 3.06. The summed E-state index contributed by atoms with van der Waals surface area (Å²) in [5.41, 5.74) is 0.849. The second-order valence-electron chi connectivity index (χ2n) is 6.46. The number of carbonyl (C=O) groups excluding carboxylic acids is 1. The Labute approximate surface area is 163 Å². The normalized spacial score (nSPS) is 15.4. The van der Waals surface area contributed by atoms with Crippen LogP contribution in [0.5, 0.6) is 5.75 Å². The highest BCUT2D eigenvalue weighted by Crippen LogP contribution is 2.27. The lowest BCUT2D eigenvalue weighted by Crippen LogP contribution is -2.51. The maximum atomic E-state index is 12.6. The van der Waals surface area contributed by atoms with Gasteiger partial charge in [0.05, 0.1) is 19.1 Å². The monoisotopic (exact) mass is 406 g/mol. The summed E-state index contributed by atoms with van der Waals surface area (Å²) in [6.45, 7) is 0.850. The highest BCUT2D eigenvalue weighted by atomic mass is 32.2. The third kappa shape index (κ3) is 4.39. The van der Waals surface area contributed by atoms with Crippen LogP contribution in [-0.4, -0.2) is 72.9 Å². The zero-order valence-corrected chi connectivity index (χ0v) is 16.6. The average molecular weight is 406 g/mol. The fraction of sp³-hybridized carbons (Fsp3) is 0.389. The molecular weight excluding hydrogens is 384 g/mol. The van der Waals surface area contributed by atoms with E-state index in [4.69, 9.17) is 4.74 Å². The molecule has 150 valence electrons. The van der Waals surface area contributed by atoms with Gasteiger partial charge in [-0.05, 0) is 18.2 Å². The summed E-state index contributed by atoms with van der Waals surface area (Å²) in [4.78, 5) is 26.3. The maximum absolute atomic E-state index is 12.6. The quantitative estimate of drug-likeness (QED) is 0.694. The van der Waals surface area contributed by atoms with Gasteiger partial charge in [-0.3, -0.25) is 9.59 Å². The number of benzene rings is 1. The van der Waals surface area contributed by atoms with Gasteiger partial charge in [-0.2, -0.15) is 9.40 Å². The summed E-state index contributed by atoms with van der Waals surface area (Å²) in [6.07, 6.45) is 1.15. The summed E-state index contributed by atoms with van der Waals surface area (Å²) in [5, 5.41) is 4.31. The van der Waals surface area contributed by atoms with Gasteiger partial charge in [-0.1, -0.05) is 12.1 Å². The molecule has 0 N–H and O–H groups in total. The molecule has 10 heteroatoms. The van der Waals surface area contributed by atoms with Gasteiger partial charge >= 0.3 is 0 Å². The van der Waals surface area contributed by atoms with E-state index in [1.165, 1.54) is 10.4 Å². The van der Waals surface area contributed by atoms with Gasteiger partial charge in [0.15, 0.2) is 0 Å². The lowest BCUT2D eigenvalue weighted by molar-refractivity contribution is -0.133. The van der Waals surface area contributed by atoms with Crippen molar-refractivity contribution in [3.63, 3.8) is 0 Å². The van der Waals surface area contributed by atoms with Gasteiger partial charge in [0.1, 0.15) is 12.3 Å². The Morgan fingerprint density at radius 3 is 2.43 bits per heavy atom. The summed E-state index contributed by atoms with van der Waals surface area (Å²) in [7, 11) is -1.72. The van der Waals surface area contributed by atoms with Crippen molar-refractivity contribution >= 4 is 15.9 Å². The number of ether oxygens (including phenoxy) is 1. The first-order valence-corrected chi connectivity index (χ1v) is 10.6. The molecule has 0 atom stereocenters.